The molecule has 1 aliphatic heterocycles. The molecule has 1 aliphatic rings. The van der Waals surface area contributed by atoms with Crippen LogP contribution in [0.15, 0.2) is 17.5 Å². The van der Waals surface area contributed by atoms with Gasteiger partial charge in [0.2, 0.25) is 5.91 Å². The molecule has 1 fully saturated rings. The second-order valence-corrected chi connectivity index (χ2v) is 5.18. The lowest BCUT2D eigenvalue weighted by Crippen LogP contribution is -2.45. The van der Waals surface area contributed by atoms with Gasteiger partial charge < -0.3 is 10.2 Å². The summed E-state index contributed by atoms with van der Waals surface area (Å²) in [5.41, 5.74) is 0. The van der Waals surface area contributed by atoms with Crippen LogP contribution in [0.25, 0.3) is 0 Å². The fraction of sp³-hybridized carbons (Fsp3) is 0.500. The van der Waals surface area contributed by atoms with Crippen molar-refractivity contribution in [3.05, 3.63) is 22.4 Å². The summed E-state index contributed by atoms with van der Waals surface area (Å²) in [7, 11) is 0. The van der Waals surface area contributed by atoms with Gasteiger partial charge in [0.25, 0.3) is 5.91 Å². The van der Waals surface area contributed by atoms with Gasteiger partial charge in [-0.05, 0) is 24.3 Å². The molecule has 0 atom stereocenters. The van der Waals surface area contributed by atoms with Crippen LogP contribution in [-0.2, 0) is 4.79 Å². The quantitative estimate of drug-likeness (QED) is 0.867. The number of thiophene rings is 1. The molecule has 0 aliphatic carbocycles. The fourth-order valence-electron chi connectivity index (χ4n) is 2.00. The van der Waals surface area contributed by atoms with E-state index in [0.29, 0.717) is 0 Å². The van der Waals surface area contributed by atoms with Crippen molar-refractivity contribution in [2.75, 3.05) is 13.1 Å². The Hall–Kier alpha value is -1.36. The van der Waals surface area contributed by atoms with Gasteiger partial charge >= 0.3 is 0 Å². The van der Waals surface area contributed by atoms with Gasteiger partial charge in [0.05, 0.1) is 4.88 Å². The van der Waals surface area contributed by atoms with E-state index in [1.807, 2.05) is 22.4 Å². The van der Waals surface area contributed by atoms with Gasteiger partial charge in [0.1, 0.15) is 0 Å². The van der Waals surface area contributed by atoms with Gasteiger partial charge in [-0.25, -0.2) is 0 Å². The summed E-state index contributed by atoms with van der Waals surface area (Å²) in [6, 6.07) is 3.89. The molecule has 92 valence electrons. The van der Waals surface area contributed by atoms with Crippen LogP contribution in [0.3, 0.4) is 0 Å². The number of hydrogen-bond donors (Lipinski definition) is 1. The van der Waals surface area contributed by atoms with E-state index in [1.165, 1.54) is 11.3 Å². The Labute approximate surface area is 105 Å². The van der Waals surface area contributed by atoms with Crippen LogP contribution in [0.2, 0.25) is 0 Å². The largest absolute Gasteiger partial charge is 0.348 e. The Morgan fingerprint density at radius 1 is 1.41 bits per heavy atom. The minimum atomic E-state index is 0.00118. The Morgan fingerprint density at radius 2 is 2.12 bits per heavy atom. The van der Waals surface area contributed by atoms with Crippen molar-refractivity contribution in [2.24, 2.45) is 0 Å². The topological polar surface area (TPSA) is 49.4 Å². The Morgan fingerprint density at radius 3 is 2.65 bits per heavy atom. The molecule has 2 heterocycles. The summed E-state index contributed by atoms with van der Waals surface area (Å²) in [5.74, 6) is 0.120. The summed E-state index contributed by atoms with van der Waals surface area (Å²) in [6.45, 7) is 3.07. The van der Waals surface area contributed by atoms with Crippen LogP contribution in [0, 0.1) is 0 Å². The van der Waals surface area contributed by atoms with E-state index in [1.54, 1.807) is 6.92 Å². The van der Waals surface area contributed by atoms with Crippen LogP contribution >= 0.6 is 11.3 Å². The van der Waals surface area contributed by atoms with Crippen LogP contribution in [0.4, 0.5) is 0 Å². The lowest BCUT2D eigenvalue weighted by atomic mass is 10.0. The highest BCUT2D eigenvalue weighted by Crippen LogP contribution is 2.13. The predicted molar refractivity (Wildman–Crippen MR) is 67.1 cm³/mol. The lowest BCUT2D eigenvalue weighted by molar-refractivity contribution is -0.129. The molecular weight excluding hydrogens is 236 g/mol. The van der Waals surface area contributed by atoms with Crippen molar-refractivity contribution in [1.29, 1.82) is 0 Å². The summed E-state index contributed by atoms with van der Waals surface area (Å²) in [4.78, 5) is 25.5. The van der Waals surface area contributed by atoms with E-state index >= 15 is 0 Å². The van der Waals surface area contributed by atoms with Crippen molar-refractivity contribution in [2.45, 2.75) is 25.8 Å². The van der Waals surface area contributed by atoms with E-state index in [9.17, 15) is 9.59 Å². The van der Waals surface area contributed by atoms with E-state index in [-0.39, 0.29) is 17.9 Å². The van der Waals surface area contributed by atoms with E-state index in [2.05, 4.69) is 5.32 Å². The third-order valence-electron chi connectivity index (χ3n) is 3.02. The summed E-state index contributed by atoms with van der Waals surface area (Å²) in [6.07, 6.45) is 1.69. The predicted octanol–water partition coefficient (Wildman–Crippen LogP) is 1.49. The average molecular weight is 252 g/mol. The van der Waals surface area contributed by atoms with Crippen LogP contribution < -0.4 is 5.32 Å². The molecule has 0 radical (unpaired) electrons. The molecular formula is C12H16N2O2S. The molecule has 4 nitrogen and oxygen atoms in total. The zero-order chi connectivity index (χ0) is 12.3. The molecule has 2 amide bonds. The number of nitrogens with zero attached hydrogens (tertiary/aromatic N) is 1. The number of piperidine rings is 1. The maximum atomic E-state index is 11.8. The van der Waals surface area contributed by atoms with E-state index < -0.39 is 0 Å². The van der Waals surface area contributed by atoms with Crippen molar-refractivity contribution in [1.82, 2.24) is 10.2 Å². The van der Waals surface area contributed by atoms with Crippen molar-refractivity contribution < 1.29 is 9.59 Å². The second-order valence-electron chi connectivity index (χ2n) is 4.23. The normalized spacial score (nSPS) is 16.9. The molecule has 1 saturated heterocycles. The summed E-state index contributed by atoms with van der Waals surface area (Å²) < 4.78 is 0. The van der Waals surface area contributed by atoms with Gasteiger partial charge in [-0.2, -0.15) is 0 Å². The molecule has 0 spiro atoms. The molecule has 1 N–H and O–H groups in total. The third kappa shape index (κ3) is 3.06. The first-order chi connectivity index (χ1) is 8.16. The highest BCUT2D eigenvalue weighted by atomic mass is 32.1. The SMILES string of the molecule is CC(=O)N1CCC(NC(=O)c2cccs2)CC1. The number of rotatable bonds is 2. The molecule has 0 aromatic carbocycles. The minimum absolute atomic E-state index is 0.00118. The lowest BCUT2D eigenvalue weighted by Gasteiger charge is -2.31. The Kier molecular flexibility index (Phi) is 3.78. The maximum absolute atomic E-state index is 11.8. The number of carbonyl (C=O) groups excluding carboxylic acids is 2. The first-order valence-corrected chi connectivity index (χ1v) is 6.64. The number of amides is 2. The van der Waals surface area contributed by atoms with Gasteiger partial charge in [0, 0.05) is 26.1 Å². The molecule has 0 saturated carbocycles. The summed E-state index contributed by atoms with van der Waals surface area (Å²) >= 11 is 1.45. The fourth-order valence-corrected chi connectivity index (χ4v) is 2.63. The van der Waals surface area contributed by atoms with Crippen LogP contribution in [0.1, 0.15) is 29.4 Å². The van der Waals surface area contributed by atoms with E-state index in [0.717, 1.165) is 30.8 Å². The summed E-state index contributed by atoms with van der Waals surface area (Å²) in [5, 5.41) is 4.91. The van der Waals surface area contributed by atoms with E-state index in [4.69, 9.17) is 0 Å². The smallest absolute Gasteiger partial charge is 0.261 e. The Balaban J connectivity index is 1.82. The number of hydrogen-bond acceptors (Lipinski definition) is 3. The molecule has 2 rings (SSSR count). The molecule has 1 aromatic heterocycles. The van der Waals surface area contributed by atoms with Crippen molar-refractivity contribution in [3.63, 3.8) is 0 Å². The number of likely N-dealkylation sites (tertiary alicyclic amines) is 1. The van der Waals surface area contributed by atoms with Gasteiger partial charge in [-0.15, -0.1) is 11.3 Å². The Bertz CT molecular complexity index is 395. The highest BCUT2D eigenvalue weighted by Gasteiger charge is 2.22. The monoisotopic (exact) mass is 252 g/mol. The zero-order valence-electron chi connectivity index (χ0n) is 9.81. The first-order valence-electron chi connectivity index (χ1n) is 5.76. The maximum Gasteiger partial charge on any atom is 0.261 e. The average Bonchev–Trinajstić information content (AvgIpc) is 2.83. The van der Waals surface area contributed by atoms with Gasteiger partial charge in [0.15, 0.2) is 0 Å². The molecule has 1 aromatic rings. The van der Waals surface area contributed by atoms with Crippen LogP contribution in [0.5, 0.6) is 0 Å². The van der Waals surface area contributed by atoms with Crippen LogP contribution in [-0.4, -0.2) is 35.8 Å². The minimum Gasteiger partial charge on any atom is -0.348 e. The first kappa shape index (κ1) is 12.1. The number of nitrogens with one attached hydrogen (secondary N) is 1. The standard InChI is InChI=1S/C12H16N2O2S/c1-9(15)14-6-4-10(5-7-14)13-12(16)11-3-2-8-17-11/h2-3,8,10H,4-7H2,1H3,(H,13,16). The molecule has 0 bridgehead atoms. The molecule has 5 heteroatoms. The number of carbonyl (C=O) groups is 2. The highest BCUT2D eigenvalue weighted by molar-refractivity contribution is 7.12. The van der Waals surface area contributed by atoms with Gasteiger partial charge in [-0.3, -0.25) is 9.59 Å². The van der Waals surface area contributed by atoms with Crippen molar-refractivity contribution >= 4 is 23.2 Å². The zero-order valence-corrected chi connectivity index (χ0v) is 10.6. The molecule has 0 unspecified atom stereocenters. The third-order valence-corrected chi connectivity index (χ3v) is 3.89. The van der Waals surface area contributed by atoms with Gasteiger partial charge in [-0.1, -0.05) is 6.07 Å². The molecule has 17 heavy (non-hydrogen) atoms. The second kappa shape index (κ2) is 5.31. The van der Waals surface area contributed by atoms with Crippen molar-refractivity contribution in [3.8, 4) is 0 Å².